The molecule has 0 unspecified atom stereocenters. The smallest absolute Gasteiger partial charge is 0.191 e. The summed E-state index contributed by atoms with van der Waals surface area (Å²) in [5, 5.41) is 10.6. The van der Waals surface area contributed by atoms with Crippen molar-refractivity contribution in [3.63, 3.8) is 0 Å². The molecule has 0 amide bonds. The minimum Gasteiger partial charge on any atom is -0.357 e. The van der Waals surface area contributed by atoms with Gasteiger partial charge in [-0.3, -0.25) is 0 Å². The zero-order chi connectivity index (χ0) is 18.9. The number of benzene rings is 2. The third-order valence-electron chi connectivity index (χ3n) is 3.98. The summed E-state index contributed by atoms with van der Waals surface area (Å²) in [6.45, 7) is 4.04. The summed E-state index contributed by atoms with van der Waals surface area (Å²) in [6, 6.07) is 14.7. The van der Waals surface area contributed by atoms with Gasteiger partial charge in [-0.1, -0.05) is 24.3 Å². The molecule has 0 aliphatic carbocycles. The lowest BCUT2D eigenvalue weighted by molar-refractivity contribution is 0.625. The molecule has 1 aromatic heterocycles. The molecule has 0 aliphatic heterocycles. The van der Waals surface area contributed by atoms with E-state index in [1.54, 1.807) is 23.1 Å². The normalized spacial score (nSPS) is 11.0. The number of halogens is 2. The molecule has 28 heavy (non-hydrogen) atoms. The van der Waals surface area contributed by atoms with E-state index in [1.807, 2.05) is 37.3 Å². The molecular weight excluding hydrogens is 470 g/mol. The van der Waals surface area contributed by atoms with Crippen LogP contribution in [0.3, 0.4) is 0 Å². The number of hydrogen-bond acceptors (Lipinski definition) is 3. The van der Waals surface area contributed by atoms with Gasteiger partial charge in [-0.2, -0.15) is 5.10 Å². The van der Waals surface area contributed by atoms with Gasteiger partial charge >= 0.3 is 0 Å². The maximum absolute atomic E-state index is 13.2. The third kappa shape index (κ3) is 6.59. The van der Waals surface area contributed by atoms with Gasteiger partial charge in [-0.05, 0) is 48.7 Å². The molecule has 6 nitrogen and oxygen atoms in total. The predicted molar refractivity (Wildman–Crippen MR) is 120 cm³/mol. The van der Waals surface area contributed by atoms with Gasteiger partial charge in [0.2, 0.25) is 0 Å². The lowest BCUT2D eigenvalue weighted by atomic mass is 10.1. The van der Waals surface area contributed by atoms with Crippen molar-refractivity contribution in [3.8, 4) is 5.69 Å². The molecule has 148 valence electrons. The molecule has 0 atom stereocenters. The van der Waals surface area contributed by atoms with Crippen LogP contribution in [0.25, 0.3) is 5.69 Å². The number of guanidine groups is 1. The Morgan fingerprint density at radius 3 is 2.61 bits per heavy atom. The molecule has 0 aliphatic rings. The van der Waals surface area contributed by atoms with Crippen molar-refractivity contribution in [3.05, 3.63) is 78.1 Å². The molecule has 0 radical (unpaired) electrons. The van der Waals surface area contributed by atoms with Crippen LogP contribution in [0.5, 0.6) is 0 Å². The Morgan fingerprint density at radius 2 is 1.93 bits per heavy atom. The van der Waals surface area contributed by atoms with Gasteiger partial charge in [-0.25, -0.2) is 19.0 Å². The van der Waals surface area contributed by atoms with Crippen molar-refractivity contribution < 1.29 is 4.39 Å². The second kappa shape index (κ2) is 11.4. The average molecular weight is 494 g/mol. The van der Waals surface area contributed by atoms with E-state index in [0.717, 1.165) is 35.7 Å². The third-order valence-corrected chi connectivity index (χ3v) is 3.98. The second-order valence-corrected chi connectivity index (χ2v) is 6.01. The number of nitrogens with zero attached hydrogens (tertiary/aromatic N) is 4. The number of aliphatic imine (C=N–C) groups is 1. The molecule has 3 rings (SSSR count). The van der Waals surface area contributed by atoms with Crippen molar-refractivity contribution in [2.45, 2.75) is 19.9 Å². The topological polar surface area (TPSA) is 67.1 Å². The summed E-state index contributed by atoms with van der Waals surface area (Å²) in [7, 11) is 0. The van der Waals surface area contributed by atoms with E-state index in [1.165, 1.54) is 12.4 Å². The lowest BCUT2D eigenvalue weighted by Crippen LogP contribution is -2.38. The highest BCUT2D eigenvalue weighted by Crippen LogP contribution is 2.09. The van der Waals surface area contributed by atoms with E-state index < -0.39 is 0 Å². The second-order valence-electron chi connectivity index (χ2n) is 6.01. The summed E-state index contributed by atoms with van der Waals surface area (Å²) >= 11 is 0. The van der Waals surface area contributed by atoms with Crippen LogP contribution in [-0.4, -0.2) is 33.8 Å². The first kappa shape index (κ1) is 21.8. The molecule has 0 bridgehead atoms. The standard InChI is InChI=1S/C20H23FN6.HI/c1-2-23-20(24-11-10-16-4-3-5-18(21)12-16)25-13-17-6-8-19(9-7-17)27-15-22-14-26-27;/h3-9,12,14-15H,2,10-11,13H2,1H3,(H2,23,24,25);1H. The van der Waals surface area contributed by atoms with Gasteiger partial charge in [0.15, 0.2) is 5.96 Å². The number of nitrogens with one attached hydrogen (secondary N) is 2. The monoisotopic (exact) mass is 494 g/mol. The summed E-state index contributed by atoms with van der Waals surface area (Å²) in [6.07, 6.45) is 3.91. The Labute approximate surface area is 181 Å². The van der Waals surface area contributed by atoms with Crippen LogP contribution in [0, 0.1) is 5.82 Å². The highest BCUT2D eigenvalue weighted by molar-refractivity contribution is 14.0. The van der Waals surface area contributed by atoms with E-state index in [-0.39, 0.29) is 29.8 Å². The van der Waals surface area contributed by atoms with Crippen molar-refractivity contribution in [2.75, 3.05) is 13.1 Å². The molecule has 0 spiro atoms. The molecule has 8 heteroatoms. The van der Waals surface area contributed by atoms with Gasteiger partial charge in [0.25, 0.3) is 0 Å². The first-order valence-electron chi connectivity index (χ1n) is 8.95. The first-order valence-corrected chi connectivity index (χ1v) is 8.95. The largest absolute Gasteiger partial charge is 0.357 e. The summed E-state index contributed by atoms with van der Waals surface area (Å²) < 4.78 is 14.9. The van der Waals surface area contributed by atoms with Gasteiger partial charge in [0.05, 0.1) is 12.2 Å². The van der Waals surface area contributed by atoms with Gasteiger partial charge in [0.1, 0.15) is 18.5 Å². The fourth-order valence-corrected chi connectivity index (χ4v) is 2.63. The zero-order valence-electron chi connectivity index (χ0n) is 15.7. The Bertz CT molecular complexity index is 865. The maximum atomic E-state index is 13.2. The van der Waals surface area contributed by atoms with Crippen LogP contribution in [-0.2, 0) is 13.0 Å². The van der Waals surface area contributed by atoms with E-state index in [4.69, 9.17) is 0 Å². The van der Waals surface area contributed by atoms with Crippen LogP contribution in [0.15, 0.2) is 66.2 Å². The molecule has 2 aromatic carbocycles. The highest BCUT2D eigenvalue weighted by Gasteiger charge is 2.01. The van der Waals surface area contributed by atoms with E-state index in [2.05, 4.69) is 25.7 Å². The van der Waals surface area contributed by atoms with Gasteiger partial charge in [0, 0.05) is 13.1 Å². The van der Waals surface area contributed by atoms with Crippen LogP contribution >= 0.6 is 24.0 Å². The minimum absolute atomic E-state index is 0. The summed E-state index contributed by atoms with van der Waals surface area (Å²) in [5.74, 6) is 0.539. The van der Waals surface area contributed by atoms with Crippen molar-refractivity contribution in [2.24, 2.45) is 4.99 Å². The fourth-order valence-electron chi connectivity index (χ4n) is 2.63. The number of hydrogen-bond donors (Lipinski definition) is 2. The first-order chi connectivity index (χ1) is 13.2. The summed E-state index contributed by atoms with van der Waals surface area (Å²) in [4.78, 5) is 8.56. The molecular formula is C20H24FIN6. The Balaban J connectivity index is 0.00000280. The number of rotatable bonds is 7. The molecule has 0 saturated carbocycles. The van der Waals surface area contributed by atoms with Crippen molar-refractivity contribution >= 4 is 29.9 Å². The quantitative estimate of drug-likeness (QED) is 0.301. The summed E-state index contributed by atoms with van der Waals surface area (Å²) in [5.41, 5.74) is 3.02. The van der Waals surface area contributed by atoms with Crippen molar-refractivity contribution in [1.29, 1.82) is 0 Å². The van der Waals surface area contributed by atoms with E-state index in [0.29, 0.717) is 13.1 Å². The molecule has 0 fully saturated rings. The van der Waals surface area contributed by atoms with Crippen LogP contribution < -0.4 is 10.6 Å². The predicted octanol–water partition coefficient (Wildman–Crippen LogP) is 3.32. The van der Waals surface area contributed by atoms with Gasteiger partial charge in [-0.15, -0.1) is 24.0 Å². The maximum Gasteiger partial charge on any atom is 0.191 e. The fraction of sp³-hybridized carbons (Fsp3) is 0.250. The lowest BCUT2D eigenvalue weighted by Gasteiger charge is -2.11. The van der Waals surface area contributed by atoms with E-state index >= 15 is 0 Å². The Morgan fingerprint density at radius 1 is 1.11 bits per heavy atom. The van der Waals surface area contributed by atoms with Crippen molar-refractivity contribution in [1.82, 2.24) is 25.4 Å². The number of aromatic nitrogens is 3. The zero-order valence-corrected chi connectivity index (χ0v) is 18.0. The van der Waals surface area contributed by atoms with Crippen LogP contribution in [0.2, 0.25) is 0 Å². The van der Waals surface area contributed by atoms with Gasteiger partial charge < -0.3 is 10.6 Å². The highest BCUT2D eigenvalue weighted by atomic mass is 127. The molecule has 1 heterocycles. The van der Waals surface area contributed by atoms with E-state index in [9.17, 15) is 4.39 Å². The van der Waals surface area contributed by atoms with Crippen LogP contribution in [0.4, 0.5) is 4.39 Å². The molecule has 3 aromatic rings. The Kier molecular flexibility index (Phi) is 8.86. The average Bonchev–Trinajstić information content (AvgIpc) is 3.21. The van der Waals surface area contributed by atoms with Crippen LogP contribution in [0.1, 0.15) is 18.1 Å². The molecule has 0 saturated heterocycles. The SMILES string of the molecule is CCNC(=NCc1ccc(-n2cncn2)cc1)NCCc1cccc(F)c1.I. The minimum atomic E-state index is -0.206. The molecule has 2 N–H and O–H groups in total. The Hall–Kier alpha value is -2.49.